The predicted molar refractivity (Wildman–Crippen MR) is 110 cm³/mol. The summed E-state index contributed by atoms with van der Waals surface area (Å²) >= 11 is 0. The first-order valence-electron chi connectivity index (χ1n) is 9.66. The van der Waals surface area contributed by atoms with Crippen LogP contribution in [-0.4, -0.2) is 35.8 Å². The van der Waals surface area contributed by atoms with Gasteiger partial charge in [-0.3, -0.25) is 14.2 Å². The van der Waals surface area contributed by atoms with Crippen LogP contribution in [0.3, 0.4) is 0 Å². The van der Waals surface area contributed by atoms with Crippen LogP contribution in [0, 0.1) is 0 Å². The van der Waals surface area contributed by atoms with Crippen molar-refractivity contribution in [2.45, 2.75) is 25.8 Å². The highest BCUT2D eigenvalue weighted by Gasteiger charge is 2.13. The molecule has 2 aromatic carbocycles. The van der Waals surface area contributed by atoms with Crippen molar-refractivity contribution < 1.29 is 14.3 Å². The van der Waals surface area contributed by atoms with Gasteiger partial charge < -0.3 is 14.8 Å². The maximum atomic E-state index is 12.6. The molecule has 2 heterocycles. The van der Waals surface area contributed by atoms with Gasteiger partial charge in [0.2, 0.25) is 5.91 Å². The van der Waals surface area contributed by atoms with Gasteiger partial charge in [-0.25, -0.2) is 4.98 Å². The number of amides is 1. The van der Waals surface area contributed by atoms with Gasteiger partial charge in [0.1, 0.15) is 5.75 Å². The number of anilines is 1. The summed E-state index contributed by atoms with van der Waals surface area (Å²) in [5, 5.41) is 3.35. The molecule has 0 bridgehead atoms. The number of carbonyl (C=O) groups is 1. The van der Waals surface area contributed by atoms with E-state index >= 15 is 0 Å². The van der Waals surface area contributed by atoms with Crippen LogP contribution in [0.5, 0.6) is 5.75 Å². The Morgan fingerprint density at radius 3 is 3.03 bits per heavy atom. The number of aryl methyl sites for hydroxylation is 1. The van der Waals surface area contributed by atoms with E-state index in [1.165, 1.54) is 16.5 Å². The Balaban J connectivity index is 1.43. The van der Waals surface area contributed by atoms with Gasteiger partial charge in [-0.1, -0.05) is 12.1 Å². The number of nitrogens with zero attached hydrogens (tertiary/aromatic N) is 2. The van der Waals surface area contributed by atoms with Gasteiger partial charge in [0.15, 0.2) is 0 Å². The Morgan fingerprint density at radius 1 is 1.28 bits per heavy atom. The van der Waals surface area contributed by atoms with Crippen LogP contribution >= 0.6 is 0 Å². The number of aromatic nitrogens is 2. The van der Waals surface area contributed by atoms with Gasteiger partial charge in [-0.05, 0) is 41.8 Å². The number of fused-ring (bicyclic) bond motifs is 2. The van der Waals surface area contributed by atoms with E-state index in [0.29, 0.717) is 42.6 Å². The number of rotatable bonds is 7. The number of nitrogens with one attached hydrogen (secondary N) is 1. The molecular weight excluding hydrogens is 370 g/mol. The second-order valence-corrected chi connectivity index (χ2v) is 7.06. The molecule has 0 unspecified atom stereocenters. The Bertz CT molecular complexity index is 1110. The Morgan fingerprint density at radius 2 is 2.17 bits per heavy atom. The predicted octanol–water partition coefficient (Wildman–Crippen LogP) is 2.55. The van der Waals surface area contributed by atoms with Crippen molar-refractivity contribution in [3.05, 3.63) is 64.2 Å². The summed E-state index contributed by atoms with van der Waals surface area (Å²) in [6, 6.07) is 11.3. The van der Waals surface area contributed by atoms with Crippen LogP contribution in [0.25, 0.3) is 10.9 Å². The van der Waals surface area contributed by atoms with Crippen molar-refractivity contribution in [3.8, 4) is 5.75 Å². The minimum atomic E-state index is -0.150. The molecule has 1 amide bonds. The molecule has 4 rings (SSSR count). The third-order valence-corrected chi connectivity index (χ3v) is 5.04. The van der Waals surface area contributed by atoms with E-state index < -0.39 is 0 Å². The van der Waals surface area contributed by atoms with E-state index in [9.17, 15) is 9.59 Å². The number of benzene rings is 2. The fourth-order valence-electron chi connectivity index (χ4n) is 3.46. The first-order chi connectivity index (χ1) is 14.1. The lowest BCUT2D eigenvalue weighted by molar-refractivity contribution is -0.116. The topological polar surface area (TPSA) is 82.4 Å². The largest absolute Gasteiger partial charge is 0.493 e. The molecule has 7 heteroatoms. The second kappa shape index (κ2) is 8.45. The highest BCUT2D eigenvalue weighted by atomic mass is 16.5. The van der Waals surface area contributed by atoms with Crippen molar-refractivity contribution in [2.24, 2.45) is 0 Å². The summed E-state index contributed by atoms with van der Waals surface area (Å²) in [5.41, 5.74) is 3.36. The van der Waals surface area contributed by atoms with E-state index in [0.717, 1.165) is 24.3 Å². The van der Waals surface area contributed by atoms with E-state index in [1.807, 2.05) is 12.1 Å². The van der Waals surface area contributed by atoms with Gasteiger partial charge in [0.25, 0.3) is 5.56 Å². The van der Waals surface area contributed by atoms with Crippen LogP contribution in [0.4, 0.5) is 5.69 Å². The molecule has 0 fully saturated rings. The third kappa shape index (κ3) is 4.30. The Hall–Kier alpha value is -3.19. The van der Waals surface area contributed by atoms with Gasteiger partial charge in [0.05, 0.1) is 37.0 Å². The SMILES string of the molecule is COCCn1cnc2ccc(NC(=O)CCc3ccc4c(c3)CCO4)cc2c1=O. The van der Waals surface area contributed by atoms with Gasteiger partial charge in [-0.15, -0.1) is 0 Å². The highest BCUT2D eigenvalue weighted by Crippen LogP contribution is 2.26. The number of methoxy groups -OCH3 is 1. The lowest BCUT2D eigenvalue weighted by Gasteiger charge is -2.09. The zero-order valence-corrected chi connectivity index (χ0v) is 16.3. The summed E-state index contributed by atoms with van der Waals surface area (Å²) in [4.78, 5) is 29.3. The molecule has 0 spiro atoms. The fourth-order valence-corrected chi connectivity index (χ4v) is 3.46. The van der Waals surface area contributed by atoms with E-state index in [-0.39, 0.29) is 11.5 Å². The van der Waals surface area contributed by atoms with Crippen LogP contribution < -0.4 is 15.6 Å². The average molecular weight is 393 g/mol. The van der Waals surface area contributed by atoms with Crippen molar-refractivity contribution in [2.75, 3.05) is 25.6 Å². The minimum absolute atomic E-state index is 0.0929. The van der Waals surface area contributed by atoms with E-state index in [4.69, 9.17) is 9.47 Å². The average Bonchev–Trinajstić information content (AvgIpc) is 3.20. The summed E-state index contributed by atoms with van der Waals surface area (Å²) in [5.74, 6) is 0.851. The molecule has 0 radical (unpaired) electrons. The van der Waals surface area contributed by atoms with Gasteiger partial charge >= 0.3 is 0 Å². The fraction of sp³-hybridized carbons (Fsp3) is 0.318. The molecule has 1 aliphatic heterocycles. The van der Waals surface area contributed by atoms with Crippen LogP contribution in [0.15, 0.2) is 47.5 Å². The molecule has 7 nitrogen and oxygen atoms in total. The third-order valence-electron chi connectivity index (χ3n) is 5.04. The van der Waals surface area contributed by atoms with Gasteiger partial charge in [0, 0.05) is 25.6 Å². The summed E-state index contributed by atoms with van der Waals surface area (Å²) in [7, 11) is 1.59. The van der Waals surface area contributed by atoms with E-state index in [2.05, 4.69) is 16.4 Å². The van der Waals surface area contributed by atoms with Crippen molar-refractivity contribution in [3.63, 3.8) is 0 Å². The number of carbonyl (C=O) groups excluding carboxylic acids is 1. The molecule has 0 saturated carbocycles. The highest BCUT2D eigenvalue weighted by molar-refractivity contribution is 5.93. The second-order valence-electron chi connectivity index (χ2n) is 7.06. The number of hydrogen-bond donors (Lipinski definition) is 1. The molecule has 29 heavy (non-hydrogen) atoms. The lowest BCUT2D eigenvalue weighted by Crippen LogP contribution is -2.22. The molecule has 150 valence electrons. The molecule has 1 N–H and O–H groups in total. The Kier molecular flexibility index (Phi) is 5.57. The molecular formula is C22H23N3O4. The Labute approximate surface area is 168 Å². The molecule has 1 aliphatic rings. The van der Waals surface area contributed by atoms with Crippen molar-refractivity contribution >= 4 is 22.5 Å². The summed E-state index contributed by atoms with van der Waals surface area (Å²) < 4.78 is 12.0. The first-order valence-corrected chi connectivity index (χ1v) is 9.66. The van der Waals surface area contributed by atoms with Crippen molar-refractivity contribution in [1.29, 1.82) is 0 Å². The summed E-state index contributed by atoms with van der Waals surface area (Å²) in [6.07, 6.45) is 3.45. The molecule has 0 saturated heterocycles. The quantitative estimate of drug-likeness (QED) is 0.667. The molecule has 0 atom stereocenters. The number of hydrogen-bond acceptors (Lipinski definition) is 5. The van der Waals surface area contributed by atoms with Crippen LogP contribution in [-0.2, 0) is 28.9 Å². The molecule has 0 aliphatic carbocycles. The normalized spacial score (nSPS) is 12.6. The smallest absolute Gasteiger partial charge is 0.261 e. The standard InChI is InChI=1S/C22H23N3O4/c1-28-11-9-25-14-23-19-5-4-17(13-18(19)22(25)27)24-21(26)7-3-15-2-6-20-16(12-15)8-10-29-20/h2,4-6,12-14H,3,7-11H2,1H3,(H,24,26). The monoisotopic (exact) mass is 393 g/mol. The van der Waals surface area contributed by atoms with Crippen LogP contribution in [0.1, 0.15) is 17.5 Å². The zero-order chi connectivity index (χ0) is 20.2. The lowest BCUT2D eigenvalue weighted by atomic mass is 10.0. The van der Waals surface area contributed by atoms with E-state index in [1.54, 1.807) is 25.3 Å². The number of ether oxygens (including phenoxy) is 2. The van der Waals surface area contributed by atoms with Crippen molar-refractivity contribution in [1.82, 2.24) is 9.55 Å². The molecule has 1 aromatic heterocycles. The zero-order valence-electron chi connectivity index (χ0n) is 16.3. The van der Waals surface area contributed by atoms with Gasteiger partial charge in [-0.2, -0.15) is 0 Å². The first kappa shape index (κ1) is 19.1. The van der Waals surface area contributed by atoms with Crippen LogP contribution in [0.2, 0.25) is 0 Å². The minimum Gasteiger partial charge on any atom is -0.493 e. The molecule has 3 aromatic rings. The summed E-state index contributed by atoms with van der Waals surface area (Å²) in [6.45, 7) is 1.59. The maximum Gasteiger partial charge on any atom is 0.261 e. The maximum absolute atomic E-state index is 12.6.